The van der Waals surface area contributed by atoms with Crippen molar-refractivity contribution in [2.75, 3.05) is 14.2 Å². The van der Waals surface area contributed by atoms with Crippen LogP contribution in [0.5, 0.6) is 17.2 Å². The predicted molar refractivity (Wildman–Crippen MR) is 72.5 cm³/mol. The topological polar surface area (TPSA) is 77.5 Å². The fourth-order valence-corrected chi connectivity index (χ4v) is 1.77. The van der Waals surface area contributed by atoms with E-state index in [1.165, 1.54) is 0 Å². The van der Waals surface area contributed by atoms with Crippen molar-refractivity contribution in [3.05, 3.63) is 18.2 Å². The summed E-state index contributed by atoms with van der Waals surface area (Å²) in [5, 5.41) is 8.90. The highest BCUT2D eigenvalue weighted by Gasteiger charge is 2.22. The van der Waals surface area contributed by atoms with E-state index in [1.54, 1.807) is 39.3 Å². The largest absolute Gasteiger partial charge is 0.496 e. The van der Waals surface area contributed by atoms with Gasteiger partial charge in [0.1, 0.15) is 22.8 Å². The molecule has 0 aliphatic rings. The Bertz CT molecular complexity index is 444. The standard InChI is InChI=1S/C14H20N2O3/c1-10(8-14(2,16)9-15)19-13-6-11(17-3)5-12(7-13)18-4/h5-7,10H,8,16H2,1-4H3. The van der Waals surface area contributed by atoms with Crippen molar-refractivity contribution in [1.29, 1.82) is 5.26 Å². The summed E-state index contributed by atoms with van der Waals surface area (Å²) >= 11 is 0. The van der Waals surface area contributed by atoms with E-state index in [1.807, 2.05) is 6.92 Å². The van der Waals surface area contributed by atoms with Gasteiger partial charge in [-0.3, -0.25) is 0 Å². The molecule has 1 aromatic carbocycles. The van der Waals surface area contributed by atoms with Crippen LogP contribution in [0.15, 0.2) is 18.2 Å². The summed E-state index contributed by atoms with van der Waals surface area (Å²) in [5.41, 5.74) is 4.89. The van der Waals surface area contributed by atoms with E-state index < -0.39 is 5.54 Å². The summed E-state index contributed by atoms with van der Waals surface area (Å²) in [5.74, 6) is 1.92. The number of nitrogens with two attached hydrogens (primary N) is 1. The maximum absolute atomic E-state index is 8.90. The molecular weight excluding hydrogens is 244 g/mol. The zero-order valence-electron chi connectivity index (χ0n) is 11.8. The summed E-state index contributed by atoms with van der Waals surface area (Å²) in [6.07, 6.45) is 0.245. The molecule has 19 heavy (non-hydrogen) atoms. The Morgan fingerprint density at radius 3 is 2.11 bits per heavy atom. The number of nitriles is 1. The first-order valence-electron chi connectivity index (χ1n) is 6.00. The number of nitrogens with zero attached hydrogens (tertiary/aromatic N) is 1. The quantitative estimate of drug-likeness (QED) is 0.851. The highest BCUT2D eigenvalue weighted by Crippen LogP contribution is 2.28. The number of methoxy groups -OCH3 is 2. The van der Waals surface area contributed by atoms with Crippen LogP contribution in [0.4, 0.5) is 0 Å². The van der Waals surface area contributed by atoms with Gasteiger partial charge in [-0.05, 0) is 13.8 Å². The molecule has 0 aromatic heterocycles. The predicted octanol–water partition coefficient (Wildman–Crippen LogP) is 2.10. The second kappa shape index (κ2) is 6.30. The van der Waals surface area contributed by atoms with Crippen LogP contribution in [0.25, 0.3) is 0 Å². The minimum atomic E-state index is -0.900. The molecule has 2 atom stereocenters. The average molecular weight is 264 g/mol. The SMILES string of the molecule is COc1cc(OC)cc(OC(C)CC(C)(N)C#N)c1. The van der Waals surface area contributed by atoms with Crippen molar-refractivity contribution in [2.24, 2.45) is 5.73 Å². The Morgan fingerprint density at radius 1 is 1.21 bits per heavy atom. The second-order valence-electron chi connectivity index (χ2n) is 4.71. The fraction of sp³-hybridized carbons (Fsp3) is 0.500. The maximum Gasteiger partial charge on any atom is 0.127 e. The Hall–Kier alpha value is -1.93. The number of ether oxygens (including phenoxy) is 3. The number of hydrogen-bond acceptors (Lipinski definition) is 5. The summed E-state index contributed by atoms with van der Waals surface area (Å²) < 4.78 is 16.1. The molecule has 0 aliphatic carbocycles. The van der Waals surface area contributed by atoms with E-state index in [9.17, 15) is 0 Å². The molecule has 2 N–H and O–H groups in total. The molecule has 0 amide bonds. The Labute approximate surface area is 113 Å². The minimum Gasteiger partial charge on any atom is -0.496 e. The van der Waals surface area contributed by atoms with Crippen molar-refractivity contribution >= 4 is 0 Å². The van der Waals surface area contributed by atoms with E-state index in [-0.39, 0.29) is 6.10 Å². The van der Waals surface area contributed by atoms with Crippen molar-refractivity contribution in [2.45, 2.75) is 31.9 Å². The van der Waals surface area contributed by atoms with Crippen LogP contribution in [0.3, 0.4) is 0 Å². The zero-order chi connectivity index (χ0) is 14.5. The van der Waals surface area contributed by atoms with E-state index in [4.69, 9.17) is 25.2 Å². The lowest BCUT2D eigenvalue weighted by molar-refractivity contribution is 0.190. The maximum atomic E-state index is 8.90. The molecule has 0 saturated heterocycles. The molecule has 5 heteroatoms. The molecular formula is C14H20N2O3. The van der Waals surface area contributed by atoms with E-state index in [0.717, 1.165) is 0 Å². The van der Waals surface area contributed by atoms with E-state index in [2.05, 4.69) is 6.07 Å². The van der Waals surface area contributed by atoms with E-state index in [0.29, 0.717) is 23.7 Å². The first-order chi connectivity index (χ1) is 8.90. The molecule has 0 aliphatic heterocycles. The minimum absolute atomic E-state index is 0.188. The molecule has 0 spiro atoms. The van der Waals surface area contributed by atoms with Crippen LogP contribution in [0, 0.1) is 11.3 Å². The normalized spacial score (nSPS) is 14.9. The van der Waals surface area contributed by atoms with Crippen LogP contribution in [-0.4, -0.2) is 25.9 Å². The Morgan fingerprint density at radius 2 is 1.68 bits per heavy atom. The molecule has 104 valence electrons. The van der Waals surface area contributed by atoms with Crippen molar-refractivity contribution in [1.82, 2.24) is 0 Å². The first kappa shape index (κ1) is 15.1. The van der Waals surface area contributed by atoms with Gasteiger partial charge in [0.25, 0.3) is 0 Å². The van der Waals surface area contributed by atoms with Crippen molar-refractivity contribution in [3.63, 3.8) is 0 Å². The highest BCUT2D eigenvalue weighted by atomic mass is 16.5. The lowest BCUT2D eigenvalue weighted by Crippen LogP contribution is -2.38. The average Bonchev–Trinajstić information content (AvgIpc) is 2.37. The summed E-state index contributed by atoms with van der Waals surface area (Å²) in [7, 11) is 3.16. The monoisotopic (exact) mass is 264 g/mol. The Balaban J connectivity index is 2.79. The van der Waals surface area contributed by atoms with Crippen molar-refractivity contribution < 1.29 is 14.2 Å². The van der Waals surface area contributed by atoms with Crippen LogP contribution in [-0.2, 0) is 0 Å². The van der Waals surface area contributed by atoms with Gasteiger partial charge < -0.3 is 19.9 Å². The molecule has 0 radical (unpaired) electrons. The molecule has 5 nitrogen and oxygen atoms in total. The van der Waals surface area contributed by atoms with Crippen LogP contribution >= 0.6 is 0 Å². The summed E-state index contributed by atoms with van der Waals surface area (Å²) in [6, 6.07) is 7.34. The fourth-order valence-electron chi connectivity index (χ4n) is 1.77. The number of rotatable bonds is 6. The molecule has 1 aromatic rings. The van der Waals surface area contributed by atoms with Gasteiger partial charge in [0.2, 0.25) is 0 Å². The Kier molecular flexibility index (Phi) is 5.02. The summed E-state index contributed by atoms with van der Waals surface area (Å²) in [4.78, 5) is 0. The van der Waals surface area contributed by atoms with Gasteiger partial charge in [0.15, 0.2) is 0 Å². The zero-order valence-corrected chi connectivity index (χ0v) is 11.8. The molecule has 0 heterocycles. The molecule has 0 saturated carbocycles. The van der Waals surface area contributed by atoms with Gasteiger partial charge in [0.05, 0.1) is 26.4 Å². The third kappa shape index (κ3) is 4.68. The third-order valence-electron chi connectivity index (χ3n) is 2.63. The first-order valence-corrected chi connectivity index (χ1v) is 6.00. The molecule has 2 unspecified atom stereocenters. The number of benzene rings is 1. The lowest BCUT2D eigenvalue weighted by Gasteiger charge is -2.22. The number of hydrogen-bond donors (Lipinski definition) is 1. The van der Waals surface area contributed by atoms with Crippen LogP contribution in [0.2, 0.25) is 0 Å². The van der Waals surface area contributed by atoms with Crippen molar-refractivity contribution in [3.8, 4) is 23.3 Å². The van der Waals surface area contributed by atoms with Gasteiger partial charge in [-0.15, -0.1) is 0 Å². The van der Waals surface area contributed by atoms with Crippen LogP contribution in [0.1, 0.15) is 20.3 Å². The lowest BCUT2D eigenvalue weighted by atomic mass is 9.98. The van der Waals surface area contributed by atoms with Gasteiger partial charge in [-0.2, -0.15) is 5.26 Å². The second-order valence-corrected chi connectivity index (χ2v) is 4.71. The molecule has 0 bridgehead atoms. The van der Waals surface area contributed by atoms with Gasteiger partial charge in [-0.25, -0.2) is 0 Å². The third-order valence-corrected chi connectivity index (χ3v) is 2.63. The van der Waals surface area contributed by atoms with E-state index >= 15 is 0 Å². The van der Waals surface area contributed by atoms with Gasteiger partial charge >= 0.3 is 0 Å². The van der Waals surface area contributed by atoms with Gasteiger partial charge in [0, 0.05) is 24.6 Å². The molecule has 1 rings (SSSR count). The smallest absolute Gasteiger partial charge is 0.127 e. The van der Waals surface area contributed by atoms with Gasteiger partial charge in [-0.1, -0.05) is 0 Å². The molecule has 0 fully saturated rings. The highest BCUT2D eigenvalue weighted by molar-refractivity contribution is 5.42. The summed E-state index contributed by atoms with van der Waals surface area (Å²) in [6.45, 7) is 3.55. The van der Waals surface area contributed by atoms with Crippen LogP contribution < -0.4 is 19.9 Å².